The molecule has 1 atom stereocenters. The number of rotatable bonds is 19. The summed E-state index contributed by atoms with van der Waals surface area (Å²) in [5.74, 6) is 0.638. The summed E-state index contributed by atoms with van der Waals surface area (Å²) in [7, 11) is 13.2. The molecule has 0 aromatic heterocycles. The van der Waals surface area contributed by atoms with Crippen LogP contribution in [0.25, 0.3) is 0 Å². The van der Waals surface area contributed by atoms with Crippen LogP contribution in [-0.2, 0) is 0 Å². The van der Waals surface area contributed by atoms with Crippen LogP contribution in [0.1, 0.15) is 57.4 Å². The quantitative estimate of drug-likeness (QED) is 0.299. The molecular formula is C28H55N5. The molecule has 0 N–H and O–H groups in total. The molecule has 1 aromatic carbocycles. The summed E-state index contributed by atoms with van der Waals surface area (Å²) in [6.45, 7) is 13.9. The zero-order chi connectivity index (χ0) is 24.6. The summed E-state index contributed by atoms with van der Waals surface area (Å²) in [5, 5.41) is 0. The van der Waals surface area contributed by atoms with E-state index in [1.54, 1.807) is 0 Å². The third kappa shape index (κ3) is 14.0. The first kappa shape index (κ1) is 29.9. The molecule has 5 nitrogen and oxygen atoms in total. The Morgan fingerprint density at radius 1 is 0.576 bits per heavy atom. The standard InChI is InChI=1S/C28H55N5/c1-9-26(2)27-14-16-28(17-15-27)33(24-12-22-31(7)20-10-18-29(3)4)25-13-23-32(8)21-11-19-30(5)6/h14-17,26H,9-13,18-25H2,1-8H3. The fourth-order valence-corrected chi connectivity index (χ4v) is 4.22. The lowest BCUT2D eigenvalue weighted by Crippen LogP contribution is -2.32. The lowest BCUT2D eigenvalue weighted by molar-refractivity contribution is 0.294. The van der Waals surface area contributed by atoms with Crippen molar-refractivity contribution in [1.29, 1.82) is 0 Å². The maximum Gasteiger partial charge on any atom is 0.0366 e. The molecule has 0 saturated heterocycles. The molecule has 5 heteroatoms. The highest BCUT2D eigenvalue weighted by Gasteiger charge is 2.10. The largest absolute Gasteiger partial charge is 0.371 e. The van der Waals surface area contributed by atoms with Gasteiger partial charge in [-0.3, -0.25) is 0 Å². The van der Waals surface area contributed by atoms with Gasteiger partial charge in [0.15, 0.2) is 0 Å². The first-order chi connectivity index (χ1) is 15.7. The average Bonchev–Trinajstić information content (AvgIpc) is 2.77. The second kappa shape index (κ2) is 17.3. The van der Waals surface area contributed by atoms with Gasteiger partial charge in [-0.2, -0.15) is 0 Å². The minimum absolute atomic E-state index is 0.638. The van der Waals surface area contributed by atoms with Crippen molar-refractivity contribution >= 4 is 5.69 Å². The second-order valence-electron chi connectivity index (χ2n) is 10.5. The molecule has 0 aliphatic heterocycles. The summed E-state index contributed by atoms with van der Waals surface area (Å²) in [5.41, 5.74) is 2.84. The predicted octanol–water partition coefficient (Wildman–Crippen LogP) is 4.55. The average molecular weight is 462 g/mol. The van der Waals surface area contributed by atoms with Gasteiger partial charge < -0.3 is 24.5 Å². The van der Waals surface area contributed by atoms with E-state index in [0.29, 0.717) is 5.92 Å². The molecule has 1 aromatic rings. The van der Waals surface area contributed by atoms with Crippen LogP contribution in [-0.4, -0.2) is 114 Å². The Labute approximate surface area is 206 Å². The molecule has 0 bridgehead atoms. The molecule has 0 heterocycles. The van der Waals surface area contributed by atoms with Crippen molar-refractivity contribution in [3.63, 3.8) is 0 Å². The van der Waals surface area contributed by atoms with Crippen molar-refractivity contribution in [2.45, 2.75) is 51.9 Å². The maximum absolute atomic E-state index is 2.61. The van der Waals surface area contributed by atoms with Crippen molar-refractivity contribution in [3.8, 4) is 0 Å². The highest BCUT2D eigenvalue weighted by molar-refractivity contribution is 5.48. The van der Waals surface area contributed by atoms with E-state index in [1.165, 1.54) is 82.6 Å². The molecule has 0 spiro atoms. The number of nitrogens with zero attached hydrogens (tertiary/aromatic N) is 5. The van der Waals surface area contributed by atoms with Gasteiger partial charge >= 0.3 is 0 Å². The number of benzene rings is 1. The number of hydrogen-bond donors (Lipinski definition) is 0. The molecule has 1 unspecified atom stereocenters. The van der Waals surface area contributed by atoms with Gasteiger partial charge in [-0.25, -0.2) is 0 Å². The second-order valence-corrected chi connectivity index (χ2v) is 10.5. The van der Waals surface area contributed by atoms with E-state index >= 15 is 0 Å². The lowest BCUT2D eigenvalue weighted by Gasteiger charge is -2.28. The van der Waals surface area contributed by atoms with Gasteiger partial charge in [0.1, 0.15) is 0 Å². The smallest absolute Gasteiger partial charge is 0.0366 e. The fourth-order valence-electron chi connectivity index (χ4n) is 4.22. The van der Waals surface area contributed by atoms with Crippen molar-refractivity contribution in [2.24, 2.45) is 0 Å². The van der Waals surface area contributed by atoms with E-state index < -0.39 is 0 Å². The van der Waals surface area contributed by atoms with Gasteiger partial charge in [0.05, 0.1) is 0 Å². The summed E-state index contributed by atoms with van der Waals surface area (Å²) in [4.78, 5) is 12.1. The first-order valence-electron chi connectivity index (χ1n) is 13.2. The molecule has 33 heavy (non-hydrogen) atoms. The van der Waals surface area contributed by atoms with Crippen molar-refractivity contribution in [1.82, 2.24) is 19.6 Å². The molecule has 0 aliphatic rings. The molecule has 0 saturated carbocycles. The van der Waals surface area contributed by atoms with Crippen LogP contribution < -0.4 is 4.90 Å². The van der Waals surface area contributed by atoms with Crippen LogP contribution in [0.5, 0.6) is 0 Å². The molecule has 0 fully saturated rings. The fraction of sp³-hybridized carbons (Fsp3) is 0.786. The predicted molar refractivity (Wildman–Crippen MR) is 148 cm³/mol. The van der Waals surface area contributed by atoms with Gasteiger partial charge in [0.25, 0.3) is 0 Å². The molecule has 192 valence electrons. The number of hydrogen-bond acceptors (Lipinski definition) is 5. The molecule has 0 radical (unpaired) electrons. The lowest BCUT2D eigenvalue weighted by atomic mass is 9.98. The van der Waals surface area contributed by atoms with E-state index in [2.05, 4.69) is 105 Å². The molecule has 1 rings (SSSR count). The van der Waals surface area contributed by atoms with Gasteiger partial charge in [0, 0.05) is 18.8 Å². The van der Waals surface area contributed by atoms with Crippen LogP contribution in [0.4, 0.5) is 5.69 Å². The van der Waals surface area contributed by atoms with Crippen LogP contribution in [0, 0.1) is 0 Å². The third-order valence-corrected chi connectivity index (χ3v) is 6.67. The zero-order valence-corrected chi connectivity index (χ0v) is 23.3. The summed E-state index contributed by atoms with van der Waals surface area (Å²) >= 11 is 0. The van der Waals surface area contributed by atoms with Crippen molar-refractivity contribution in [3.05, 3.63) is 29.8 Å². The van der Waals surface area contributed by atoms with Crippen molar-refractivity contribution < 1.29 is 0 Å². The minimum Gasteiger partial charge on any atom is -0.371 e. The Hall–Kier alpha value is -1.14. The minimum atomic E-state index is 0.638. The Balaban J connectivity index is 2.57. The summed E-state index contributed by atoms with van der Waals surface area (Å²) in [6, 6.07) is 9.39. The van der Waals surface area contributed by atoms with Crippen molar-refractivity contribution in [2.75, 3.05) is 99.5 Å². The van der Waals surface area contributed by atoms with Gasteiger partial charge in [-0.05, 0) is 137 Å². The topological polar surface area (TPSA) is 16.2 Å². The van der Waals surface area contributed by atoms with E-state index in [4.69, 9.17) is 0 Å². The SMILES string of the molecule is CCC(C)c1ccc(N(CCCN(C)CCCN(C)C)CCCN(C)CCCN(C)C)cc1. The van der Waals surface area contributed by atoms with E-state index in [0.717, 1.165) is 13.1 Å². The summed E-state index contributed by atoms with van der Waals surface area (Å²) in [6.07, 6.45) is 6.10. The van der Waals surface area contributed by atoms with Crippen LogP contribution >= 0.6 is 0 Å². The Morgan fingerprint density at radius 3 is 1.33 bits per heavy atom. The molecule has 0 aliphatic carbocycles. The highest BCUT2D eigenvalue weighted by atomic mass is 15.2. The third-order valence-electron chi connectivity index (χ3n) is 6.67. The molecule has 0 amide bonds. The van der Waals surface area contributed by atoms with E-state index in [9.17, 15) is 0 Å². The van der Waals surface area contributed by atoms with E-state index in [-0.39, 0.29) is 0 Å². The Morgan fingerprint density at radius 2 is 0.970 bits per heavy atom. The van der Waals surface area contributed by atoms with Crippen LogP contribution in [0.3, 0.4) is 0 Å². The maximum atomic E-state index is 2.61. The number of anilines is 1. The van der Waals surface area contributed by atoms with Crippen LogP contribution in [0.2, 0.25) is 0 Å². The summed E-state index contributed by atoms with van der Waals surface area (Å²) < 4.78 is 0. The van der Waals surface area contributed by atoms with Gasteiger partial charge in [0.2, 0.25) is 0 Å². The Kier molecular flexibility index (Phi) is 15.7. The monoisotopic (exact) mass is 461 g/mol. The van der Waals surface area contributed by atoms with Gasteiger partial charge in [-0.1, -0.05) is 26.0 Å². The normalized spacial score (nSPS) is 13.0. The van der Waals surface area contributed by atoms with Crippen LogP contribution in [0.15, 0.2) is 24.3 Å². The zero-order valence-electron chi connectivity index (χ0n) is 23.3. The first-order valence-corrected chi connectivity index (χ1v) is 13.2. The highest BCUT2D eigenvalue weighted by Crippen LogP contribution is 2.23. The Bertz CT molecular complexity index is 560. The molecular weight excluding hydrogens is 406 g/mol. The van der Waals surface area contributed by atoms with Gasteiger partial charge in [-0.15, -0.1) is 0 Å². The van der Waals surface area contributed by atoms with E-state index in [1.807, 2.05) is 0 Å².